The lowest BCUT2D eigenvalue weighted by Gasteiger charge is -2.31. The predicted molar refractivity (Wildman–Crippen MR) is 95.1 cm³/mol. The number of rotatable bonds is 5. The third-order valence-corrected chi connectivity index (χ3v) is 5.42. The van der Waals surface area contributed by atoms with Gasteiger partial charge in [0.2, 0.25) is 0 Å². The highest BCUT2D eigenvalue weighted by Gasteiger charge is 2.31. The summed E-state index contributed by atoms with van der Waals surface area (Å²) in [4.78, 5) is 19.5. The van der Waals surface area contributed by atoms with E-state index in [-0.39, 0.29) is 11.8 Å². The minimum atomic E-state index is 0.0456. The van der Waals surface area contributed by atoms with Crippen LogP contribution >= 0.6 is 0 Å². The number of aromatic amines is 2. The number of carbonyl (C=O) groups is 1. The van der Waals surface area contributed by atoms with Crippen LogP contribution in [-0.2, 0) is 24.0 Å². The summed E-state index contributed by atoms with van der Waals surface area (Å²) in [6.45, 7) is 2.05. The molecular weight excluding hydrogens is 332 g/mol. The SMILES string of the molecule is COCCc1nc([C@@H]2CCCN(C(=O)c3n[nH]c4c3CCCC4)C2)n[nH]1. The van der Waals surface area contributed by atoms with Crippen LogP contribution in [-0.4, -0.2) is 63.0 Å². The number of aryl methyl sites for hydroxylation is 1. The van der Waals surface area contributed by atoms with Crippen LogP contribution in [0.3, 0.4) is 0 Å². The second-order valence-electron chi connectivity index (χ2n) is 7.21. The van der Waals surface area contributed by atoms with E-state index < -0.39 is 0 Å². The number of nitrogens with one attached hydrogen (secondary N) is 2. The number of carbonyl (C=O) groups excluding carboxylic acids is 1. The highest BCUT2D eigenvalue weighted by atomic mass is 16.5. The lowest BCUT2D eigenvalue weighted by atomic mass is 9.94. The van der Waals surface area contributed by atoms with Crippen LogP contribution in [0.25, 0.3) is 0 Å². The fourth-order valence-electron chi connectivity index (χ4n) is 3.98. The number of fused-ring (bicyclic) bond motifs is 1. The third kappa shape index (κ3) is 3.38. The van der Waals surface area contributed by atoms with Gasteiger partial charge in [-0.25, -0.2) is 4.98 Å². The molecule has 0 bridgehead atoms. The van der Waals surface area contributed by atoms with Gasteiger partial charge < -0.3 is 9.64 Å². The second-order valence-corrected chi connectivity index (χ2v) is 7.21. The number of methoxy groups -OCH3 is 1. The molecule has 3 heterocycles. The lowest BCUT2D eigenvalue weighted by molar-refractivity contribution is 0.0697. The van der Waals surface area contributed by atoms with Crippen molar-refractivity contribution in [3.63, 3.8) is 0 Å². The summed E-state index contributed by atoms with van der Waals surface area (Å²) < 4.78 is 5.09. The number of amides is 1. The van der Waals surface area contributed by atoms with Crippen LogP contribution in [0.1, 0.15) is 65.0 Å². The molecule has 2 N–H and O–H groups in total. The summed E-state index contributed by atoms with van der Waals surface area (Å²) in [5.74, 6) is 1.86. The third-order valence-electron chi connectivity index (χ3n) is 5.42. The van der Waals surface area contributed by atoms with Crippen LogP contribution in [0, 0.1) is 0 Å². The number of hydrogen-bond acceptors (Lipinski definition) is 5. The summed E-state index contributed by atoms with van der Waals surface area (Å²) >= 11 is 0. The van der Waals surface area contributed by atoms with Crippen molar-refractivity contribution in [2.24, 2.45) is 0 Å². The van der Waals surface area contributed by atoms with Gasteiger partial charge >= 0.3 is 0 Å². The predicted octanol–water partition coefficient (Wildman–Crippen LogP) is 1.62. The summed E-state index contributed by atoms with van der Waals surface area (Å²) in [5, 5.41) is 14.8. The minimum Gasteiger partial charge on any atom is -0.384 e. The zero-order chi connectivity index (χ0) is 17.9. The number of piperidine rings is 1. The van der Waals surface area contributed by atoms with E-state index in [0.717, 1.165) is 68.0 Å². The summed E-state index contributed by atoms with van der Waals surface area (Å²) in [6, 6.07) is 0. The Morgan fingerprint density at radius 2 is 2.12 bits per heavy atom. The molecule has 0 radical (unpaired) electrons. The monoisotopic (exact) mass is 358 g/mol. The van der Waals surface area contributed by atoms with Crippen molar-refractivity contribution in [1.29, 1.82) is 0 Å². The zero-order valence-corrected chi connectivity index (χ0v) is 15.3. The number of nitrogens with zero attached hydrogens (tertiary/aromatic N) is 4. The van der Waals surface area contributed by atoms with Crippen molar-refractivity contribution in [2.75, 3.05) is 26.8 Å². The van der Waals surface area contributed by atoms with Crippen molar-refractivity contribution >= 4 is 5.91 Å². The Hall–Kier alpha value is -2.22. The first kappa shape index (κ1) is 17.2. The Kier molecular flexibility index (Phi) is 5.01. The van der Waals surface area contributed by atoms with Crippen LogP contribution in [0.2, 0.25) is 0 Å². The van der Waals surface area contributed by atoms with Crippen molar-refractivity contribution in [2.45, 2.75) is 50.9 Å². The van der Waals surface area contributed by atoms with Gasteiger partial charge in [0.1, 0.15) is 5.82 Å². The zero-order valence-electron chi connectivity index (χ0n) is 15.3. The molecule has 0 aromatic carbocycles. The average molecular weight is 358 g/mol. The van der Waals surface area contributed by atoms with Gasteiger partial charge in [0.05, 0.1) is 6.61 Å². The fraction of sp³-hybridized carbons (Fsp3) is 0.667. The Balaban J connectivity index is 1.45. The molecule has 8 nitrogen and oxygen atoms in total. The first-order valence-electron chi connectivity index (χ1n) is 9.51. The molecule has 1 aliphatic carbocycles. The van der Waals surface area contributed by atoms with Gasteiger partial charge in [-0.1, -0.05) is 0 Å². The number of hydrogen-bond donors (Lipinski definition) is 2. The minimum absolute atomic E-state index is 0.0456. The highest BCUT2D eigenvalue weighted by molar-refractivity contribution is 5.94. The number of aromatic nitrogens is 5. The van der Waals surface area contributed by atoms with Crippen LogP contribution in [0.5, 0.6) is 0 Å². The van der Waals surface area contributed by atoms with Crippen molar-refractivity contribution in [3.05, 3.63) is 28.6 Å². The molecule has 1 aliphatic heterocycles. The van der Waals surface area contributed by atoms with E-state index in [1.54, 1.807) is 7.11 Å². The first-order chi connectivity index (χ1) is 12.8. The van der Waals surface area contributed by atoms with E-state index in [4.69, 9.17) is 4.74 Å². The smallest absolute Gasteiger partial charge is 0.274 e. The molecule has 2 aliphatic rings. The maximum atomic E-state index is 13.0. The standard InChI is InChI=1S/C18H26N6O2/c1-26-10-8-15-19-17(23-21-15)12-5-4-9-24(11-12)18(25)16-13-6-2-3-7-14(13)20-22-16/h12H,2-11H2,1H3,(H,20,22)(H,19,21,23)/t12-/m1/s1. The average Bonchev–Trinajstić information content (AvgIpc) is 3.33. The van der Waals surface area contributed by atoms with Crippen molar-refractivity contribution in [1.82, 2.24) is 30.3 Å². The second kappa shape index (κ2) is 7.57. The molecule has 26 heavy (non-hydrogen) atoms. The quantitative estimate of drug-likeness (QED) is 0.846. The Morgan fingerprint density at radius 1 is 1.23 bits per heavy atom. The molecule has 1 fully saturated rings. The van der Waals surface area contributed by atoms with Gasteiger partial charge in [-0.15, -0.1) is 0 Å². The highest BCUT2D eigenvalue weighted by Crippen LogP contribution is 2.28. The van der Waals surface area contributed by atoms with E-state index in [1.165, 1.54) is 6.42 Å². The van der Waals surface area contributed by atoms with E-state index in [1.807, 2.05) is 4.90 Å². The molecule has 8 heteroatoms. The molecule has 4 rings (SSSR count). The van der Waals surface area contributed by atoms with Crippen molar-refractivity contribution in [3.8, 4) is 0 Å². The van der Waals surface area contributed by atoms with Gasteiger partial charge in [0.25, 0.3) is 5.91 Å². The normalized spacial score (nSPS) is 20.2. The van der Waals surface area contributed by atoms with Crippen LogP contribution in [0.4, 0.5) is 0 Å². The molecule has 0 spiro atoms. The van der Waals surface area contributed by atoms with Crippen LogP contribution < -0.4 is 0 Å². The molecule has 2 aromatic heterocycles. The van der Waals surface area contributed by atoms with Gasteiger partial charge in [-0.2, -0.15) is 10.2 Å². The fourth-order valence-corrected chi connectivity index (χ4v) is 3.98. The molecule has 1 amide bonds. The molecule has 1 atom stereocenters. The van der Waals surface area contributed by atoms with Gasteiger partial charge in [0.15, 0.2) is 11.5 Å². The van der Waals surface area contributed by atoms with Gasteiger partial charge in [-0.3, -0.25) is 15.0 Å². The maximum Gasteiger partial charge on any atom is 0.274 e. The Bertz CT molecular complexity index is 768. The maximum absolute atomic E-state index is 13.0. The largest absolute Gasteiger partial charge is 0.384 e. The van der Waals surface area contributed by atoms with E-state index >= 15 is 0 Å². The molecular formula is C18H26N6O2. The summed E-state index contributed by atoms with van der Waals surface area (Å²) in [5.41, 5.74) is 2.89. The Labute approximate surface area is 152 Å². The summed E-state index contributed by atoms with van der Waals surface area (Å²) in [6.07, 6.45) is 6.95. The molecule has 1 saturated heterocycles. The molecule has 0 saturated carbocycles. The molecule has 2 aromatic rings. The van der Waals surface area contributed by atoms with E-state index in [9.17, 15) is 4.79 Å². The van der Waals surface area contributed by atoms with E-state index in [0.29, 0.717) is 18.8 Å². The number of likely N-dealkylation sites (tertiary alicyclic amines) is 1. The number of ether oxygens (including phenoxy) is 1. The van der Waals surface area contributed by atoms with Crippen LogP contribution in [0.15, 0.2) is 0 Å². The topological polar surface area (TPSA) is 99.8 Å². The molecule has 140 valence electrons. The van der Waals surface area contributed by atoms with Gasteiger partial charge in [-0.05, 0) is 38.5 Å². The first-order valence-corrected chi connectivity index (χ1v) is 9.51. The van der Waals surface area contributed by atoms with Crippen molar-refractivity contribution < 1.29 is 9.53 Å². The summed E-state index contributed by atoms with van der Waals surface area (Å²) in [7, 11) is 1.68. The lowest BCUT2D eigenvalue weighted by Crippen LogP contribution is -2.40. The Morgan fingerprint density at radius 3 is 3.00 bits per heavy atom. The van der Waals surface area contributed by atoms with Gasteiger partial charge in [0, 0.05) is 43.8 Å². The number of H-pyrrole nitrogens is 2. The molecule has 0 unspecified atom stereocenters. The van der Waals surface area contributed by atoms with E-state index in [2.05, 4.69) is 25.4 Å².